The molecule has 5 nitrogen and oxygen atoms in total. The molecule has 4 atom stereocenters. The first-order valence-corrected chi connectivity index (χ1v) is 9.36. The molecule has 0 radical (unpaired) electrons. The Hall–Kier alpha value is -3.35. The molecule has 1 saturated carbocycles. The molecule has 1 saturated heterocycles. The van der Waals surface area contributed by atoms with Crippen molar-refractivity contribution in [2.75, 3.05) is 10.2 Å². The fourth-order valence-electron chi connectivity index (χ4n) is 4.71. The first-order chi connectivity index (χ1) is 13.9. The van der Waals surface area contributed by atoms with Crippen LogP contribution in [0.4, 0.5) is 20.2 Å². The standard InChI is InChI=1S/C22H16F2N2O3/c23-14-5-8-16(24)17(10-14)25-20(27)11-3-6-15(7-4-11)26-21(28)18-12-1-2-13(9-12)19(18)22(26)29/h1-8,10,12-13,18-19H,9H2,(H,25,27)/t12-,13+,18-,19+. The molecule has 5 rings (SSSR count). The number of nitrogens with zero attached hydrogens (tertiary/aromatic N) is 1. The SMILES string of the molecule is O=C(Nc1cc(F)ccc1F)c1ccc(N2C(=O)[C@@H]3[C@H](C2=O)[C@@H]2C=C[C@H]3C2)cc1. The van der Waals surface area contributed by atoms with Gasteiger partial charge in [0.25, 0.3) is 5.91 Å². The van der Waals surface area contributed by atoms with Crippen LogP contribution < -0.4 is 10.2 Å². The molecule has 2 aliphatic carbocycles. The summed E-state index contributed by atoms with van der Waals surface area (Å²) in [6.07, 6.45) is 4.91. The summed E-state index contributed by atoms with van der Waals surface area (Å²) in [6.45, 7) is 0. The molecular weight excluding hydrogens is 378 g/mol. The largest absolute Gasteiger partial charge is 0.319 e. The molecule has 2 fully saturated rings. The van der Waals surface area contributed by atoms with E-state index >= 15 is 0 Å². The number of halogens is 2. The van der Waals surface area contributed by atoms with Crippen LogP contribution >= 0.6 is 0 Å². The number of imide groups is 1. The van der Waals surface area contributed by atoms with Crippen LogP contribution in [0.5, 0.6) is 0 Å². The summed E-state index contributed by atoms with van der Waals surface area (Å²) in [5.41, 5.74) is 0.334. The van der Waals surface area contributed by atoms with Gasteiger partial charge in [-0.05, 0) is 54.7 Å². The first-order valence-electron chi connectivity index (χ1n) is 9.36. The van der Waals surface area contributed by atoms with Crippen molar-refractivity contribution in [2.24, 2.45) is 23.7 Å². The van der Waals surface area contributed by atoms with E-state index in [-0.39, 0.29) is 46.7 Å². The van der Waals surface area contributed by atoms with Gasteiger partial charge in [-0.25, -0.2) is 8.78 Å². The van der Waals surface area contributed by atoms with E-state index in [0.717, 1.165) is 24.6 Å². The van der Waals surface area contributed by atoms with Crippen LogP contribution in [0.25, 0.3) is 0 Å². The number of fused-ring (bicyclic) bond motifs is 5. The number of rotatable bonds is 3. The average molecular weight is 394 g/mol. The zero-order valence-electron chi connectivity index (χ0n) is 15.1. The molecule has 1 heterocycles. The summed E-state index contributed by atoms with van der Waals surface area (Å²) in [6, 6.07) is 8.71. The molecule has 2 aromatic rings. The van der Waals surface area contributed by atoms with Gasteiger partial charge in [0.2, 0.25) is 11.8 Å². The number of benzene rings is 2. The predicted octanol–water partition coefficient (Wildman–Crippen LogP) is 3.53. The Morgan fingerprint density at radius 1 is 0.931 bits per heavy atom. The number of carbonyl (C=O) groups is 3. The number of nitrogens with one attached hydrogen (secondary N) is 1. The van der Waals surface area contributed by atoms with Gasteiger partial charge >= 0.3 is 0 Å². The Bertz CT molecular complexity index is 1050. The van der Waals surface area contributed by atoms with E-state index in [4.69, 9.17) is 0 Å². The Kier molecular flexibility index (Phi) is 3.87. The summed E-state index contributed by atoms with van der Waals surface area (Å²) in [7, 11) is 0. The van der Waals surface area contributed by atoms with Crippen molar-refractivity contribution >= 4 is 29.1 Å². The molecule has 7 heteroatoms. The van der Waals surface area contributed by atoms with Gasteiger partial charge in [-0.3, -0.25) is 19.3 Å². The van der Waals surface area contributed by atoms with Crippen molar-refractivity contribution in [2.45, 2.75) is 6.42 Å². The number of hydrogen-bond donors (Lipinski definition) is 1. The van der Waals surface area contributed by atoms with Crippen LogP contribution in [0.2, 0.25) is 0 Å². The van der Waals surface area contributed by atoms with Crippen molar-refractivity contribution in [1.29, 1.82) is 0 Å². The van der Waals surface area contributed by atoms with Gasteiger partial charge in [0, 0.05) is 11.6 Å². The first kappa shape index (κ1) is 17.7. The second kappa shape index (κ2) is 6.34. The lowest BCUT2D eigenvalue weighted by Gasteiger charge is -2.17. The molecule has 0 spiro atoms. The summed E-state index contributed by atoms with van der Waals surface area (Å²) >= 11 is 0. The van der Waals surface area contributed by atoms with E-state index in [1.165, 1.54) is 29.2 Å². The third kappa shape index (κ3) is 2.68. The normalized spacial score (nSPS) is 26.9. The lowest BCUT2D eigenvalue weighted by atomic mass is 9.85. The fraction of sp³-hybridized carbons (Fsp3) is 0.227. The number of allylic oxidation sites excluding steroid dienone is 2. The highest BCUT2D eigenvalue weighted by Gasteiger charge is 2.59. The Morgan fingerprint density at radius 3 is 2.17 bits per heavy atom. The van der Waals surface area contributed by atoms with Gasteiger partial charge in [0.05, 0.1) is 23.2 Å². The molecule has 0 unspecified atom stereocenters. The zero-order valence-corrected chi connectivity index (χ0v) is 15.1. The van der Waals surface area contributed by atoms with Crippen molar-refractivity contribution in [3.8, 4) is 0 Å². The number of anilines is 2. The minimum Gasteiger partial charge on any atom is -0.319 e. The second-order valence-electron chi connectivity index (χ2n) is 7.64. The molecule has 2 bridgehead atoms. The Morgan fingerprint density at radius 2 is 1.55 bits per heavy atom. The van der Waals surface area contributed by atoms with E-state index < -0.39 is 17.5 Å². The van der Waals surface area contributed by atoms with Crippen molar-refractivity contribution < 1.29 is 23.2 Å². The van der Waals surface area contributed by atoms with Gasteiger partial charge in [0.15, 0.2) is 0 Å². The average Bonchev–Trinajstić information content (AvgIpc) is 3.39. The number of hydrogen-bond acceptors (Lipinski definition) is 3. The highest BCUT2D eigenvalue weighted by Crippen LogP contribution is 2.53. The summed E-state index contributed by atoms with van der Waals surface area (Å²) in [5, 5.41) is 2.32. The lowest BCUT2D eigenvalue weighted by Crippen LogP contribution is -2.32. The predicted molar refractivity (Wildman–Crippen MR) is 101 cm³/mol. The highest BCUT2D eigenvalue weighted by molar-refractivity contribution is 6.23. The number of carbonyl (C=O) groups excluding carboxylic acids is 3. The van der Waals surface area contributed by atoms with Gasteiger partial charge in [0.1, 0.15) is 11.6 Å². The topological polar surface area (TPSA) is 66.5 Å². The van der Waals surface area contributed by atoms with Crippen molar-refractivity contribution in [3.63, 3.8) is 0 Å². The molecule has 1 aliphatic heterocycles. The van der Waals surface area contributed by atoms with Gasteiger partial charge < -0.3 is 5.32 Å². The van der Waals surface area contributed by atoms with Crippen LogP contribution in [0.3, 0.4) is 0 Å². The smallest absolute Gasteiger partial charge is 0.255 e. The van der Waals surface area contributed by atoms with E-state index in [1.54, 1.807) is 0 Å². The minimum absolute atomic E-state index is 0.123. The van der Waals surface area contributed by atoms with Gasteiger partial charge in [-0.1, -0.05) is 12.2 Å². The maximum atomic E-state index is 13.7. The van der Waals surface area contributed by atoms with Crippen molar-refractivity contribution in [1.82, 2.24) is 0 Å². The molecule has 146 valence electrons. The van der Waals surface area contributed by atoms with Crippen LogP contribution in [0.1, 0.15) is 16.8 Å². The monoisotopic (exact) mass is 394 g/mol. The summed E-state index contributed by atoms with van der Waals surface area (Å²) < 4.78 is 27.0. The molecule has 0 aromatic heterocycles. The van der Waals surface area contributed by atoms with E-state index in [0.29, 0.717) is 5.69 Å². The highest BCUT2D eigenvalue weighted by atomic mass is 19.1. The van der Waals surface area contributed by atoms with E-state index in [2.05, 4.69) is 5.32 Å². The summed E-state index contributed by atoms with van der Waals surface area (Å²) in [4.78, 5) is 39.2. The maximum absolute atomic E-state index is 13.7. The van der Waals surface area contributed by atoms with Crippen LogP contribution in [-0.2, 0) is 9.59 Å². The second-order valence-corrected chi connectivity index (χ2v) is 7.64. The van der Waals surface area contributed by atoms with Gasteiger partial charge in [-0.15, -0.1) is 0 Å². The lowest BCUT2D eigenvalue weighted by molar-refractivity contribution is -0.123. The molecular formula is C22H16F2N2O3. The van der Waals surface area contributed by atoms with Crippen LogP contribution in [-0.4, -0.2) is 17.7 Å². The third-order valence-electron chi connectivity index (χ3n) is 6.03. The molecule has 3 amide bonds. The van der Waals surface area contributed by atoms with Crippen LogP contribution in [0.15, 0.2) is 54.6 Å². The quantitative estimate of drug-likeness (QED) is 0.640. The third-order valence-corrected chi connectivity index (χ3v) is 6.03. The zero-order chi connectivity index (χ0) is 20.3. The molecule has 29 heavy (non-hydrogen) atoms. The molecule has 3 aliphatic rings. The van der Waals surface area contributed by atoms with Crippen LogP contribution in [0, 0.1) is 35.3 Å². The van der Waals surface area contributed by atoms with Crippen molar-refractivity contribution in [3.05, 3.63) is 71.8 Å². The fourth-order valence-corrected chi connectivity index (χ4v) is 4.71. The number of amides is 3. The summed E-state index contributed by atoms with van der Waals surface area (Å²) in [5.74, 6) is -2.79. The minimum atomic E-state index is -0.751. The Balaban J connectivity index is 1.36. The molecule has 2 aromatic carbocycles. The van der Waals surface area contributed by atoms with E-state index in [9.17, 15) is 23.2 Å². The maximum Gasteiger partial charge on any atom is 0.255 e. The Labute approximate surface area is 165 Å². The molecule has 1 N–H and O–H groups in total. The van der Waals surface area contributed by atoms with Gasteiger partial charge in [-0.2, -0.15) is 0 Å². The van der Waals surface area contributed by atoms with E-state index in [1.807, 2.05) is 12.2 Å².